The van der Waals surface area contributed by atoms with Crippen LogP contribution in [-0.4, -0.2) is 165 Å². The SMILES string of the molecule is CO[C@H]1O[C@H](C)[C@@H](N[C@H]2C=C(CO)[C@@H](OCCCCCCO[C@H]3O[C@H](CO)[C@@H](O)[C@H](O)[C@H]3O)[C@H](O)[C@H]2O)[C@H](O)[C@H]1O. The van der Waals surface area contributed by atoms with Crippen LogP contribution in [0.25, 0.3) is 0 Å². The third-order valence-corrected chi connectivity index (χ3v) is 7.90. The zero-order valence-corrected chi connectivity index (χ0v) is 23.4. The van der Waals surface area contributed by atoms with E-state index in [4.69, 9.17) is 23.7 Å². The summed E-state index contributed by atoms with van der Waals surface area (Å²) in [5.41, 5.74) is 0.363. The van der Waals surface area contributed by atoms with E-state index in [0.717, 1.165) is 12.8 Å². The molecule has 15 nitrogen and oxygen atoms in total. The Hall–Kier alpha value is -0.860. The average Bonchev–Trinajstić information content (AvgIpc) is 2.97. The first-order valence-electron chi connectivity index (χ1n) is 14.1. The average molecular weight is 598 g/mol. The van der Waals surface area contributed by atoms with E-state index >= 15 is 0 Å². The minimum absolute atomic E-state index is 0.214. The summed E-state index contributed by atoms with van der Waals surface area (Å²) < 4.78 is 27.2. The summed E-state index contributed by atoms with van der Waals surface area (Å²) in [4.78, 5) is 0. The first-order valence-corrected chi connectivity index (χ1v) is 14.1. The van der Waals surface area contributed by atoms with E-state index in [1.165, 1.54) is 7.11 Å². The predicted octanol–water partition coefficient (Wildman–Crippen LogP) is -4.16. The molecule has 0 saturated carbocycles. The maximum absolute atomic E-state index is 10.8. The summed E-state index contributed by atoms with van der Waals surface area (Å²) in [6.45, 7) is 1.18. The van der Waals surface area contributed by atoms with E-state index in [1.54, 1.807) is 13.0 Å². The molecule has 0 unspecified atom stereocenters. The van der Waals surface area contributed by atoms with Gasteiger partial charge in [0.05, 0.1) is 31.4 Å². The number of rotatable bonds is 14. The fraction of sp³-hybridized carbons (Fsp3) is 0.923. The lowest BCUT2D eigenvalue weighted by atomic mass is 9.86. The molecule has 0 aromatic rings. The fourth-order valence-electron chi connectivity index (χ4n) is 5.38. The molecule has 10 N–H and O–H groups in total. The maximum atomic E-state index is 10.8. The highest BCUT2D eigenvalue weighted by atomic mass is 16.7. The number of methoxy groups -OCH3 is 1. The molecule has 3 aliphatic rings. The molecule has 41 heavy (non-hydrogen) atoms. The van der Waals surface area contributed by atoms with Crippen LogP contribution < -0.4 is 5.32 Å². The van der Waals surface area contributed by atoms with E-state index in [1.807, 2.05) is 0 Å². The molecule has 2 heterocycles. The van der Waals surface area contributed by atoms with Crippen molar-refractivity contribution < 1.29 is 69.6 Å². The topological polar surface area (TPSA) is 240 Å². The van der Waals surface area contributed by atoms with Crippen LogP contribution in [0.3, 0.4) is 0 Å². The molecule has 0 amide bonds. The van der Waals surface area contributed by atoms with E-state index in [-0.39, 0.29) is 13.2 Å². The van der Waals surface area contributed by atoms with Crippen molar-refractivity contribution in [3.8, 4) is 0 Å². The molecule has 0 aromatic heterocycles. The molecule has 240 valence electrons. The maximum Gasteiger partial charge on any atom is 0.186 e. The third kappa shape index (κ3) is 8.41. The number of ether oxygens (including phenoxy) is 5. The van der Waals surface area contributed by atoms with Crippen LogP contribution in [0.15, 0.2) is 11.6 Å². The van der Waals surface area contributed by atoms with Gasteiger partial charge in [-0.15, -0.1) is 0 Å². The summed E-state index contributed by atoms with van der Waals surface area (Å²) in [7, 11) is 1.35. The number of aliphatic hydroxyl groups excluding tert-OH is 9. The number of hydrogen-bond acceptors (Lipinski definition) is 15. The first-order chi connectivity index (χ1) is 19.5. The van der Waals surface area contributed by atoms with E-state index in [9.17, 15) is 46.0 Å². The van der Waals surface area contributed by atoms with Crippen molar-refractivity contribution >= 4 is 0 Å². The number of unbranched alkanes of at least 4 members (excludes halogenated alkanes) is 3. The van der Waals surface area contributed by atoms with Crippen molar-refractivity contribution in [2.75, 3.05) is 33.5 Å². The van der Waals surface area contributed by atoms with Crippen LogP contribution in [0, 0.1) is 0 Å². The minimum Gasteiger partial charge on any atom is -0.394 e. The second-order valence-electron chi connectivity index (χ2n) is 10.8. The van der Waals surface area contributed by atoms with Crippen LogP contribution in [0.4, 0.5) is 0 Å². The Morgan fingerprint density at radius 3 is 1.98 bits per heavy atom. The van der Waals surface area contributed by atoms with Crippen molar-refractivity contribution in [1.29, 1.82) is 0 Å². The zero-order valence-electron chi connectivity index (χ0n) is 23.4. The number of aliphatic hydroxyl groups is 9. The van der Waals surface area contributed by atoms with E-state index in [0.29, 0.717) is 18.4 Å². The smallest absolute Gasteiger partial charge is 0.186 e. The quantitative estimate of drug-likeness (QED) is 0.0675. The van der Waals surface area contributed by atoms with Gasteiger partial charge < -0.3 is 75.0 Å². The van der Waals surface area contributed by atoms with E-state index in [2.05, 4.69) is 5.32 Å². The van der Waals surface area contributed by atoms with Gasteiger partial charge in [0.2, 0.25) is 0 Å². The van der Waals surface area contributed by atoms with Gasteiger partial charge in [0.15, 0.2) is 12.6 Å². The second-order valence-corrected chi connectivity index (χ2v) is 10.8. The molecule has 3 rings (SSSR count). The fourth-order valence-corrected chi connectivity index (χ4v) is 5.38. The molecule has 0 radical (unpaired) electrons. The van der Waals surface area contributed by atoms with Gasteiger partial charge in [0, 0.05) is 20.3 Å². The predicted molar refractivity (Wildman–Crippen MR) is 139 cm³/mol. The Balaban J connectivity index is 1.40. The third-order valence-electron chi connectivity index (χ3n) is 7.90. The minimum atomic E-state index is -1.49. The van der Waals surface area contributed by atoms with Gasteiger partial charge in [-0.1, -0.05) is 18.9 Å². The Morgan fingerprint density at radius 1 is 0.732 bits per heavy atom. The molecule has 2 saturated heterocycles. The summed E-state index contributed by atoms with van der Waals surface area (Å²) in [6, 6.07) is -1.64. The largest absolute Gasteiger partial charge is 0.394 e. The van der Waals surface area contributed by atoms with Crippen LogP contribution in [0.2, 0.25) is 0 Å². The molecule has 0 spiro atoms. The van der Waals surface area contributed by atoms with Gasteiger partial charge in [0.1, 0.15) is 54.9 Å². The molecular formula is C26H47NO14. The molecule has 0 bridgehead atoms. The van der Waals surface area contributed by atoms with Crippen molar-refractivity contribution in [3.63, 3.8) is 0 Å². The normalized spacial score (nSPS) is 43.6. The van der Waals surface area contributed by atoms with Gasteiger partial charge in [-0.05, 0) is 25.3 Å². The zero-order chi connectivity index (χ0) is 30.3. The van der Waals surface area contributed by atoms with Gasteiger partial charge in [-0.3, -0.25) is 0 Å². The summed E-state index contributed by atoms with van der Waals surface area (Å²) in [5.74, 6) is 0. The van der Waals surface area contributed by atoms with Gasteiger partial charge >= 0.3 is 0 Å². The molecule has 1 aliphatic carbocycles. The highest BCUT2D eigenvalue weighted by Crippen LogP contribution is 2.27. The Bertz CT molecular complexity index is 804. The standard InChI is InChI=1S/C26H47NO14/c1-12-16(19(32)22(35)25(37-2)40-12)27-14-9-13(10-28)24(21(34)17(14)30)38-7-5-3-4-6-8-39-26-23(36)20(33)18(31)15(11-29)41-26/h9,12,14-36H,3-8,10-11H2,1-2H3/t12-,14+,15-,16-,17+,18-,19+,20+,21-,22-,23-,24-,25+,26+/m1/s1. The van der Waals surface area contributed by atoms with Crippen LogP contribution >= 0.6 is 0 Å². The van der Waals surface area contributed by atoms with Crippen molar-refractivity contribution in [2.45, 2.75) is 118 Å². The number of nitrogens with one attached hydrogen (secondary N) is 1. The van der Waals surface area contributed by atoms with Crippen molar-refractivity contribution in [1.82, 2.24) is 5.32 Å². The van der Waals surface area contributed by atoms with Crippen molar-refractivity contribution in [3.05, 3.63) is 11.6 Å². The van der Waals surface area contributed by atoms with Gasteiger partial charge in [-0.25, -0.2) is 0 Å². The summed E-state index contributed by atoms with van der Waals surface area (Å²) in [5, 5.41) is 94.1. The molecule has 14 atom stereocenters. The van der Waals surface area contributed by atoms with Crippen LogP contribution in [-0.2, 0) is 23.7 Å². The Labute approximate surface area is 238 Å². The highest BCUT2D eigenvalue weighted by Gasteiger charge is 2.46. The molecular weight excluding hydrogens is 550 g/mol. The summed E-state index contributed by atoms with van der Waals surface area (Å²) in [6.07, 6.45) is -10.2. The lowest BCUT2D eigenvalue weighted by molar-refractivity contribution is -0.301. The van der Waals surface area contributed by atoms with Crippen molar-refractivity contribution in [2.24, 2.45) is 0 Å². The lowest BCUT2D eigenvalue weighted by Crippen LogP contribution is -2.66. The van der Waals surface area contributed by atoms with E-state index < -0.39 is 98.9 Å². The number of hydrogen-bond donors (Lipinski definition) is 10. The van der Waals surface area contributed by atoms with Gasteiger partial charge in [-0.2, -0.15) is 0 Å². The lowest BCUT2D eigenvalue weighted by Gasteiger charge is -2.44. The van der Waals surface area contributed by atoms with Crippen LogP contribution in [0.1, 0.15) is 32.6 Å². The molecule has 2 fully saturated rings. The second kappa shape index (κ2) is 16.3. The monoisotopic (exact) mass is 597 g/mol. The Kier molecular flexibility index (Phi) is 13.7. The Morgan fingerprint density at radius 2 is 1.37 bits per heavy atom. The molecule has 0 aromatic carbocycles. The first kappa shape index (κ1) is 34.6. The van der Waals surface area contributed by atoms with Gasteiger partial charge in [0.25, 0.3) is 0 Å². The molecule has 15 heteroatoms. The molecule has 2 aliphatic heterocycles. The summed E-state index contributed by atoms with van der Waals surface area (Å²) >= 11 is 0. The van der Waals surface area contributed by atoms with Crippen LogP contribution in [0.5, 0.6) is 0 Å². The highest BCUT2D eigenvalue weighted by molar-refractivity contribution is 5.23.